The summed E-state index contributed by atoms with van der Waals surface area (Å²) in [5.41, 5.74) is 1.69. The Morgan fingerprint density at radius 1 is 1.14 bits per heavy atom. The third-order valence-corrected chi connectivity index (χ3v) is 4.42. The molecule has 2 aromatic heterocycles. The van der Waals surface area contributed by atoms with Crippen molar-refractivity contribution in [2.75, 3.05) is 20.3 Å². The Balaban J connectivity index is 1.73. The van der Waals surface area contributed by atoms with Gasteiger partial charge in [-0.2, -0.15) is 0 Å². The lowest BCUT2D eigenvalue weighted by atomic mass is 10.1. The molecule has 2 heterocycles. The average molecular weight is 380 g/mol. The smallest absolute Gasteiger partial charge is 0.283 e. The zero-order valence-corrected chi connectivity index (χ0v) is 15.9. The SMILES string of the molecule is COCCCn1c(=O)c(C(=O)NCCCc2ccccc2)nc2cccnc21. The van der Waals surface area contributed by atoms with Crippen LogP contribution in [-0.4, -0.2) is 40.7 Å². The van der Waals surface area contributed by atoms with E-state index < -0.39 is 11.5 Å². The van der Waals surface area contributed by atoms with Gasteiger partial charge in [0.15, 0.2) is 11.3 Å². The third-order valence-electron chi connectivity index (χ3n) is 4.42. The lowest BCUT2D eigenvalue weighted by Crippen LogP contribution is -2.35. The number of benzene rings is 1. The normalized spacial score (nSPS) is 10.9. The molecule has 0 saturated carbocycles. The summed E-state index contributed by atoms with van der Waals surface area (Å²) < 4.78 is 6.56. The molecule has 7 heteroatoms. The Labute approximate surface area is 163 Å². The van der Waals surface area contributed by atoms with Crippen LogP contribution >= 0.6 is 0 Å². The van der Waals surface area contributed by atoms with Gasteiger partial charge in [0, 0.05) is 33.0 Å². The van der Waals surface area contributed by atoms with Gasteiger partial charge in [-0.05, 0) is 37.0 Å². The van der Waals surface area contributed by atoms with Crippen LogP contribution in [0.2, 0.25) is 0 Å². The molecule has 0 aliphatic carbocycles. The zero-order valence-electron chi connectivity index (χ0n) is 15.9. The molecule has 1 aromatic carbocycles. The van der Waals surface area contributed by atoms with Crippen molar-refractivity contribution in [1.29, 1.82) is 0 Å². The van der Waals surface area contributed by atoms with Crippen LogP contribution in [0, 0.1) is 0 Å². The van der Waals surface area contributed by atoms with E-state index in [2.05, 4.69) is 27.4 Å². The minimum atomic E-state index is -0.454. The van der Waals surface area contributed by atoms with Crippen molar-refractivity contribution in [3.05, 3.63) is 70.3 Å². The number of aryl methyl sites for hydroxylation is 2. The van der Waals surface area contributed by atoms with Gasteiger partial charge < -0.3 is 10.1 Å². The topological polar surface area (TPSA) is 86.1 Å². The number of nitrogens with one attached hydrogen (secondary N) is 1. The molecule has 7 nitrogen and oxygen atoms in total. The Hall–Kier alpha value is -3.06. The van der Waals surface area contributed by atoms with Gasteiger partial charge in [-0.1, -0.05) is 30.3 Å². The number of fused-ring (bicyclic) bond motifs is 1. The lowest BCUT2D eigenvalue weighted by Gasteiger charge is -2.11. The van der Waals surface area contributed by atoms with Crippen LogP contribution < -0.4 is 10.9 Å². The molecule has 0 bridgehead atoms. The summed E-state index contributed by atoms with van der Waals surface area (Å²) in [4.78, 5) is 33.9. The first kappa shape index (κ1) is 19.7. The number of rotatable bonds is 9. The largest absolute Gasteiger partial charge is 0.385 e. The Morgan fingerprint density at radius 2 is 1.96 bits per heavy atom. The van der Waals surface area contributed by atoms with Crippen molar-refractivity contribution >= 4 is 17.1 Å². The van der Waals surface area contributed by atoms with E-state index in [4.69, 9.17) is 4.74 Å². The van der Waals surface area contributed by atoms with E-state index in [0.717, 1.165) is 12.8 Å². The number of hydrogen-bond acceptors (Lipinski definition) is 5. The highest BCUT2D eigenvalue weighted by Gasteiger charge is 2.17. The van der Waals surface area contributed by atoms with Gasteiger partial charge >= 0.3 is 0 Å². The molecule has 3 aromatic rings. The van der Waals surface area contributed by atoms with Crippen LogP contribution in [0.15, 0.2) is 53.5 Å². The first-order valence-electron chi connectivity index (χ1n) is 9.37. The number of carbonyl (C=O) groups excluding carboxylic acids is 1. The van der Waals surface area contributed by atoms with Gasteiger partial charge in [-0.25, -0.2) is 9.97 Å². The summed E-state index contributed by atoms with van der Waals surface area (Å²) in [5, 5.41) is 2.81. The number of methoxy groups -OCH3 is 1. The van der Waals surface area contributed by atoms with E-state index in [1.54, 1.807) is 25.4 Å². The molecule has 28 heavy (non-hydrogen) atoms. The van der Waals surface area contributed by atoms with Crippen LogP contribution in [0.5, 0.6) is 0 Å². The quantitative estimate of drug-likeness (QED) is 0.575. The van der Waals surface area contributed by atoms with Crippen molar-refractivity contribution in [1.82, 2.24) is 19.9 Å². The van der Waals surface area contributed by atoms with E-state index in [9.17, 15) is 9.59 Å². The van der Waals surface area contributed by atoms with Gasteiger partial charge in [-0.15, -0.1) is 0 Å². The number of amides is 1. The van der Waals surface area contributed by atoms with Crippen LogP contribution in [0.1, 0.15) is 28.9 Å². The standard InChI is InChI=1S/C21H24N4O3/c1-28-15-7-14-25-19-17(11-6-12-22-19)24-18(21(25)27)20(26)23-13-5-10-16-8-3-2-4-9-16/h2-4,6,8-9,11-12H,5,7,10,13-15H2,1H3,(H,23,26). The number of carbonyl (C=O) groups is 1. The fourth-order valence-electron chi connectivity index (χ4n) is 3.02. The van der Waals surface area contributed by atoms with E-state index in [1.165, 1.54) is 10.1 Å². The molecule has 0 radical (unpaired) electrons. The van der Waals surface area contributed by atoms with Crippen LogP contribution in [-0.2, 0) is 17.7 Å². The highest BCUT2D eigenvalue weighted by molar-refractivity contribution is 5.93. The molecule has 0 fully saturated rings. The molecule has 0 unspecified atom stereocenters. The highest BCUT2D eigenvalue weighted by Crippen LogP contribution is 2.08. The monoisotopic (exact) mass is 380 g/mol. The number of ether oxygens (including phenoxy) is 1. The molecule has 0 atom stereocenters. The summed E-state index contributed by atoms with van der Waals surface area (Å²) in [7, 11) is 1.61. The molecular formula is C21H24N4O3. The van der Waals surface area contributed by atoms with Crippen molar-refractivity contribution in [2.45, 2.75) is 25.8 Å². The van der Waals surface area contributed by atoms with Crippen molar-refractivity contribution < 1.29 is 9.53 Å². The number of aromatic nitrogens is 3. The van der Waals surface area contributed by atoms with Crippen molar-refractivity contribution in [3.8, 4) is 0 Å². The van der Waals surface area contributed by atoms with E-state index in [-0.39, 0.29) is 5.69 Å². The minimum Gasteiger partial charge on any atom is -0.385 e. The van der Waals surface area contributed by atoms with Gasteiger partial charge in [0.25, 0.3) is 11.5 Å². The average Bonchev–Trinajstić information content (AvgIpc) is 2.73. The number of pyridine rings is 1. The predicted octanol–water partition coefficient (Wildman–Crippen LogP) is 2.19. The van der Waals surface area contributed by atoms with Crippen LogP contribution in [0.4, 0.5) is 0 Å². The molecule has 146 valence electrons. The molecule has 1 amide bonds. The molecular weight excluding hydrogens is 356 g/mol. The minimum absolute atomic E-state index is 0.0994. The molecule has 0 spiro atoms. The predicted molar refractivity (Wildman–Crippen MR) is 107 cm³/mol. The molecule has 0 saturated heterocycles. The summed E-state index contributed by atoms with van der Waals surface area (Å²) in [5.74, 6) is -0.454. The first-order chi connectivity index (χ1) is 13.7. The maximum atomic E-state index is 12.8. The van der Waals surface area contributed by atoms with E-state index in [0.29, 0.717) is 37.3 Å². The van der Waals surface area contributed by atoms with Crippen molar-refractivity contribution in [2.24, 2.45) is 0 Å². The van der Waals surface area contributed by atoms with Gasteiger partial charge in [0.2, 0.25) is 0 Å². The van der Waals surface area contributed by atoms with Crippen molar-refractivity contribution in [3.63, 3.8) is 0 Å². The third kappa shape index (κ3) is 4.80. The second-order valence-electron chi connectivity index (χ2n) is 6.45. The zero-order chi connectivity index (χ0) is 19.8. The summed E-state index contributed by atoms with van der Waals surface area (Å²) in [6.45, 7) is 1.41. The van der Waals surface area contributed by atoms with Crippen LogP contribution in [0.3, 0.4) is 0 Å². The summed E-state index contributed by atoms with van der Waals surface area (Å²) >= 11 is 0. The Morgan fingerprint density at radius 3 is 2.75 bits per heavy atom. The number of hydrogen-bond donors (Lipinski definition) is 1. The Bertz CT molecular complexity index is 986. The second-order valence-corrected chi connectivity index (χ2v) is 6.45. The fourth-order valence-corrected chi connectivity index (χ4v) is 3.02. The second kappa shape index (κ2) is 9.75. The number of nitrogens with zero attached hydrogens (tertiary/aromatic N) is 3. The van der Waals surface area contributed by atoms with Gasteiger partial charge in [0.1, 0.15) is 5.52 Å². The maximum Gasteiger partial charge on any atom is 0.283 e. The van der Waals surface area contributed by atoms with E-state index in [1.807, 2.05) is 18.2 Å². The molecule has 0 aliphatic rings. The highest BCUT2D eigenvalue weighted by atomic mass is 16.5. The molecule has 3 rings (SSSR count). The summed E-state index contributed by atoms with van der Waals surface area (Å²) in [6.07, 6.45) is 3.90. The molecule has 0 aliphatic heterocycles. The Kier molecular flexibility index (Phi) is 6.86. The lowest BCUT2D eigenvalue weighted by molar-refractivity contribution is 0.0946. The van der Waals surface area contributed by atoms with Gasteiger partial charge in [-0.3, -0.25) is 14.2 Å². The van der Waals surface area contributed by atoms with Crippen LogP contribution in [0.25, 0.3) is 11.2 Å². The summed E-state index contributed by atoms with van der Waals surface area (Å²) in [6, 6.07) is 13.6. The van der Waals surface area contributed by atoms with E-state index >= 15 is 0 Å². The van der Waals surface area contributed by atoms with Gasteiger partial charge in [0.05, 0.1) is 0 Å². The first-order valence-corrected chi connectivity index (χ1v) is 9.37. The molecule has 1 N–H and O–H groups in total. The fraction of sp³-hybridized carbons (Fsp3) is 0.333. The maximum absolute atomic E-state index is 12.8.